The molecule has 0 bridgehead atoms. The molecule has 0 atom stereocenters. The zero-order valence-corrected chi connectivity index (χ0v) is 10.4. The molecule has 0 unspecified atom stereocenters. The average molecular weight is 255 g/mol. The topological polar surface area (TPSA) is 58.9 Å². The molecule has 5 nitrogen and oxygen atoms in total. The summed E-state index contributed by atoms with van der Waals surface area (Å²) in [5, 5.41) is 10.6. The van der Waals surface area contributed by atoms with Gasteiger partial charge in [0.2, 0.25) is 0 Å². The van der Waals surface area contributed by atoms with Crippen LogP contribution in [0.15, 0.2) is 29.9 Å². The first-order valence-electron chi connectivity index (χ1n) is 5.56. The van der Waals surface area contributed by atoms with Crippen LogP contribution in [0.2, 0.25) is 0 Å². The summed E-state index contributed by atoms with van der Waals surface area (Å²) in [6.07, 6.45) is 3.61. The zero-order chi connectivity index (χ0) is 12.1. The van der Waals surface area contributed by atoms with Gasteiger partial charge in [-0.1, -0.05) is 0 Å². The maximum atomic E-state index is 4.31. The lowest BCUT2D eigenvalue weighted by atomic mass is 10.3. The van der Waals surface area contributed by atoms with Crippen molar-refractivity contribution >= 4 is 28.1 Å². The first-order valence-corrected chi connectivity index (χ1v) is 6.44. The predicted molar refractivity (Wildman–Crippen MR) is 70.7 cm³/mol. The van der Waals surface area contributed by atoms with E-state index in [9.17, 15) is 0 Å². The number of rotatable bonds is 1. The van der Waals surface area contributed by atoms with E-state index in [1.807, 2.05) is 16.7 Å². The van der Waals surface area contributed by atoms with Crippen LogP contribution < -0.4 is 0 Å². The van der Waals surface area contributed by atoms with Gasteiger partial charge in [0.25, 0.3) is 0 Å². The molecule has 0 saturated carbocycles. The molecular weight excluding hydrogens is 246 g/mol. The number of fused-ring (bicyclic) bond motifs is 3. The van der Waals surface area contributed by atoms with Crippen molar-refractivity contribution in [3.8, 4) is 10.7 Å². The maximum absolute atomic E-state index is 4.31. The van der Waals surface area contributed by atoms with Crippen LogP contribution in [0.4, 0.5) is 0 Å². The molecule has 0 radical (unpaired) electrons. The summed E-state index contributed by atoms with van der Waals surface area (Å²) in [7, 11) is 0. The van der Waals surface area contributed by atoms with E-state index in [0.717, 1.165) is 27.5 Å². The standard InChI is InChI=1S/C12H9N5S/c1-7-3-5-18-10(7)12-16-15-9-6-14-11-8(17(9)12)2-4-13-11/h2-6,13H,1H3. The van der Waals surface area contributed by atoms with Crippen LogP contribution in [0.1, 0.15) is 5.56 Å². The van der Waals surface area contributed by atoms with E-state index in [1.165, 1.54) is 5.56 Å². The highest BCUT2D eigenvalue weighted by Crippen LogP contribution is 2.29. The molecule has 1 N–H and O–H groups in total. The van der Waals surface area contributed by atoms with Crippen molar-refractivity contribution in [1.82, 2.24) is 24.6 Å². The Hall–Kier alpha value is -2.21. The van der Waals surface area contributed by atoms with Crippen LogP contribution in [0, 0.1) is 6.92 Å². The molecule has 0 fully saturated rings. The Morgan fingerprint density at radius 3 is 3.06 bits per heavy atom. The fourth-order valence-electron chi connectivity index (χ4n) is 2.12. The number of hydrogen-bond acceptors (Lipinski definition) is 4. The van der Waals surface area contributed by atoms with Crippen LogP contribution >= 0.6 is 11.3 Å². The second-order valence-electron chi connectivity index (χ2n) is 4.12. The number of thiophene rings is 1. The van der Waals surface area contributed by atoms with Gasteiger partial charge in [-0.3, -0.25) is 4.40 Å². The van der Waals surface area contributed by atoms with Gasteiger partial charge in [0.15, 0.2) is 17.1 Å². The first-order chi connectivity index (χ1) is 8.84. The molecule has 0 aliphatic heterocycles. The first kappa shape index (κ1) is 9.78. The molecular formula is C12H9N5S. The zero-order valence-electron chi connectivity index (χ0n) is 9.58. The minimum Gasteiger partial charge on any atom is -0.345 e. The van der Waals surface area contributed by atoms with Gasteiger partial charge in [0.05, 0.1) is 16.6 Å². The molecule has 0 aliphatic rings. The Morgan fingerprint density at radius 2 is 2.22 bits per heavy atom. The number of nitrogens with zero attached hydrogens (tertiary/aromatic N) is 4. The van der Waals surface area contributed by atoms with Gasteiger partial charge >= 0.3 is 0 Å². The number of H-pyrrole nitrogens is 1. The Kier molecular flexibility index (Phi) is 1.84. The van der Waals surface area contributed by atoms with E-state index in [2.05, 4.69) is 38.5 Å². The van der Waals surface area contributed by atoms with Crippen LogP contribution in [0.5, 0.6) is 0 Å². The summed E-state index contributed by atoms with van der Waals surface area (Å²) in [5.74, 6) is 0.879. The lowest BCUT2D eigenvalue weighted by molar-refractivity contribution is 1.12. The molecule has 4 aromatic heterocycles. The Morgan fingerprint density at radius 1 is 1.28 bits per heavy atom. The summed E-state index contributed by atoms with van der Waals surface area (Å²) in [6.45, 7) is 2.09. The third-order valence-corrected chi connectivity index (χ3v) is 4.02. The number of aromatic nitrogens is 5. The summed E-state index contributed by atoms with van der Waals surface area (Å²) in [4.78, 5) is 8.56. The van der Waals surface area contributed by atoms with Gasteiger partial charge in [-0.2, -0.15) is 0 Å². The molecule has 18 heavy (non-hydrogen) atoms. The van der Waals surface area contributed by atoms with E-state index in [1.54, 1.807) is 17.5 Å². The van der Waals surface area contributed by atoms with Gasteiger partial charge in [-0.25, -0.2) is 4.98 Å². The largest absolute Gasteiger partial charge is 0.345 e. The smallest absolute Gasteiger partial charge is 0.180 e. The fraction of sp³-hybridized carbons (Fsp3) is 0.0833. The highest BCUT2D eigenvalue weighted by molar-refractivity contribution is 7.13. The minimum absolute atomic E-state index is 0.768. The van der Waals surface area contributed by atoms with Gasteiger partial charge in [-0.15, -0.1) is 21.5 Å². The van der Waals surface area contributed by atoms with Gasteiger partial charge in [0, 0.05) is 6.20 Å². The van der Waals surface area contributed by atoms with Crippen LogP contribution in [0.25, 0.3) is 27.5 Å². The van der Waals surface area contributed by atoms with Crippen LogP contribution in [0.3, 0.4) is 0 Å². The molecule has 0 aromatic carbocycles. The van der Waals surface area contributed by atoms with E-state index >= 15 is 0 Å². The third-order valence-electron chi connectivity index (χ3n) is 3.01. The predicted octanol–water partition coefficient (Wildman–Crippen LogP) is 2.64. The van der Waals surface area contributed by atoms with Crippen LogP contribution in [-0.2, 0) is 0 Å². The highest BCUT2D eigenvalue weighted by atomic mass is 32.1. The fourth-order valence-corrected chi connectivity index (χ4v) is 3.02. The minimum atomic E-state index is 0.768. The van der Waals surface area contributed by atoms with Crippen molar-refractivity contribution in [2.75, 3.05) is 0 Å². The highest BCUT2D eigenvalue weighted by Gasteiger charge is 2.14. The Bertz CT molecular complexity index is 854. The van der Waals surface area contributed by atoms with Crippen molar-refractivity contribution in [2.24, 2.45) is 0 Å². The summed E-state index contributed by atoms with van der Waals surface area (Å²) in [5.41, 5.74) is 3.83. The second-order valence-corrected chi connectivity index (χ2v) is 5.04. The molecule has 0 saturated heterocycles. The van der Waals surface area contributed by atoms with E-state index in [0.29, 0.717) is 0 Å². The third kappa shape index (κ3) is 1.18. The van der Waals surface area contributed by atoms with Gasteiger partial charge in [0.1, 0.15) is 0 Å². The van der Waals surface area contributed by atoms with Crippen molar-refractivity contribution in [2.45, 2.75) is 6.92 Å². The van der Waals surface area contributed by atoms with E-state index < -0.39 is 0 Å². The quantitative estimate of drug-likeness (QED) is 0.569. The van der Waals surface area contributed by atoms with Crippen molar-refractivity contribution in [3.05, 3.63) is 35.5 Å². The molecule has 0 amide bonds. The normalized spacial score (nSPS) is 11.6. The lowest BCUT2D eigenvalue weighted by Gasteiger charge is -2.00. The van der Waals surface area contributed by atoms with Crippen molar-refractivity contribution in [3.63, 3.8) is 0 Å². The molecule has 88 valence electrons. The molecule has 4 rings (SSSR count). The monoisotopic (exact) mass is 255 g/mol. The number of hydrogen-bond donors (Lipinski definition) is 1. The lowest BCUT2D eigenvalue weighted by Crippen LogP contribution is -1.92. The SMILES string of the molecule is Cc1ccsc1-c1nnc2cnc3[nH]ccc3n12. The summed E-state index contributed by atoms with van der Waals surface area (Å²) >= 11 is 1.68. The van der Waals surface area contributed by atoms with Gasteiger partial charge in [-0.05, 0) is 30.0 Å². The average Bonchev–Trinajstić information content (AvgIpc) is 3.04. The number of aromatic amines is 1. The molecule has 4 heterocycles. The second kappa shape index (κ2) is 3.39. The number of aryl methyl sites for hydroxylation is 1. The molecule has 4 aromatic rings. The van der Waals surface area contributed by atoms with Crippen molar-refractivity contribution < 1.29 is 0 Å². The van der Waals surface area contributed by atoms with Crippen LogP contribution in [-0.4, -0.2) is 24.6 Å². The summed E-state index contributed by atoms with van der Waals surface area (Å²) in [6, 6.07) is 4.09. The Balaban J connectivity index is 2.18. The van der Waals surface area contributed by atoms with Gasteiger partial charge < -0.3 is 4.98 Å². The molecule has 6 heteroatoms. The van der Waals surface area contributed by atoms with E-state index in [4.69, 9.17) is 0 Å². The van der Waals surface area contributed by atoms with E-state index in [-0.39, 0.29) is 0 Å². The summed E-state index contributed by atoms with van der Waals surface area (Å²) < 4.78 is 2.04. The van der Waals surface area contributed by atoms with Crippen molar-refractivity contribution in [1.29, 1.82) is 0 Å². The molecule has 0 aliphatic carbocycles. The molecule has 0 spiro atoms. The maximum Gasteiger partial charge on any atom is 0.180 e. The number of nitrogens with one attached hydrogen (secondary N) is 1. The Labute approximate surface area is 106 Å².